The zero-order valence-corrected chi connectivity index (χ0v) is 14.0. The van der Waals surface area contributed by atoms with E-state index in [9.17, 15) is 8.42 Å². The zero-order chi connectivity index (χ0) is 12.8. The number of nitrogens with zero attached hydrogens (tertiary/aromatic N) is 1. The van der Waals surface area contributed by atoms with Crippen LogP contribution in [0.4, 0.5) is 0 Å². The fraction of sp³-hybridized carbons (Fsp3) is 1.00. The van der Waals surface area contributed by atoms with Gasteiger partial charge >= 0.3 is 0 Å². The Bertz CT molecular complexity index is 280. The van der Waals surface area contributed by atoms with Crippen LogP contribution in [0.15, 0.2) is 0 Å². The quantitative estimate of drug-likeness (QED) is 0.656. The van der Waals surface area contributed by atoms with Crippen LogP contribution in [0.25, 0.3) is 0 Å². The molecule has 98 valence electrons. The molecule has 0 saturated carbocycles. The van der Waals surface area contributed by atoms with Crippen molar-refractivity contribution in [1.82, 2.24) is 9.03 Å². The van der Waals surface area contributed by atoms with Crippen LogP contribution in [-0.4, -0.2) is 42.0 Å². The molecule has 0 aliphatic carbocycles. The van der Waals surface area contributed by atoms with E-state index in [1.54, 1.807) is 0 Å². The lowest BCUT2D eigenvalue weighted by Crippen LogP contribution is -2.55. The van der Waals surface area contributed by atoms with Crippen LogP contribution >= 0.6 is 31.9 Å². The standard InChI is InChI=1S/C9H20Br2N2O2S/c1-4-9(7-10,8-11)12-16(14,15)13(5-2)6-3/h12H,4-8H2,1-3H3. The predicted molar refractivity (Wildman–Crippen MR) is 75.6 cm³/mol. The topological polar surface area (TPSA) is 49.4 Å². The second-order valence-electron chi connectivity index (χ2n) is 3.59. The maximum Gasteiger partial charge on any atom is 0.279 e. The molecule has 0 atom stereocenters. The van der Waals surface area contributed by atoms with Gasteiger partial charge in [-0.25, -0.2) is 0 Å². The van der Waals surface area contributed by atoms with E-state index in [1.165, 1.54) is 4.31 Å². The van der Waals surface area contributed by atoms with E-state index in [4.69, 9.17) is 0 Å². The van der Waals surface area contributed by atoms with E-state index in [0.717, 1.165) is 6.42 Å². The Kier molecular flexibility index (Phi) is 7.68. The van der Waals surface area contributed by atoms with Crippen LogP contribution < -0.4 is 4.72 Å². The number of rotatable bonds is 8. The minimum atomic E-state index is -3.39. The second-order valence-corrected chi connectivity index (χ2v) is 6.38. The largest absolute Gasteiger partial charge is 0.279 e. The van der Waals surface area contributed by atoms with Crippen molar-refractivity contribution in [3.8, 4) is 0 Å². The van der Waals surface area contributed by atoms with E-state index in [2.05, 4.69) is 36.6 Å². The molecule has 7 heteroatoms. The molecule has 0 bridgehead atoms. The summed E-state index contributed by atoms with van der Waals surface area (Å²) in [7, 11) is -3.39. The molecule has 1 N–H and O–H groups in total. The lowest BCUT2D eigenvalue weighted by molar-refractivity contribution is 0.397. The third-order valence-electron chi connectivity index (χ3n) is 2.58. The average Bonchev–Trinajstić information content (AvgIpc) is 2.27. The summed E-state index contributed by atoms with van der Waals surface area (Å²) in [5.41, 5.74) is -0.457. The van der Waals surface area contributed by atoms with E-state index in [0.29, 0.717) is 23.7 Å². The monoisotopic (exact) mass is 378 g/mol. The highest BCUT2D eigenvalue weighted by Crippen LogP contribution is 2.19. The van der Waals surface area contributed by atoms with E-state index >= 15 is 0 Å². The summed E-state index contributed by atoms with van der Waals surface area (Å²) in [5.74, 6) is 0. The molecule has 0 rings (SSSR count). The highest BCUT2D eigenvalue weighted by atomic mass is 79.9. The van der Waals surface area contributed by atoms with E-state index in [-0.39, 0.29) is 0 Å². The molecule has 0 fully saturated rings. The summed E-state index contributed by atoms with van der Waals surface area (Å²) in [6.07, 6.45) is 0.726. The minimum Gasteiger partial charge on any atom is -0.195 e. The van der Waals surface area contributed by atoms with Gasteiger partial charge in [0.2, 0.25) is 0 Å². The smallest absolute Gasteiger partial charge is 0.195 e. The van der Waals surface area contributed by atoms with Gasteiger partial charge in [0.1, 0.15) is 0 Å². The Labute approximate surface area is 116 Å². The van der Waals surface area contributed by atoms with Gasteiger partial charge in [0.05, 0.1) is 5.54 Å². The Balaban J connectivity index is 4.92. The summed E-state index contributed by atoms with van der Waals surface area (Å²) < 4.78 is 28.3. The van der Waals surface area contributed by atoms with Gasteiger partial charge in [-0.2, -0.15) is 17.4 Å². The minimum absolute atomic E-state index is 0.457. The lowest BCUT2D eigenvalue weighted by atomic mass is 10.0. The van der Waals surface area contributed by atoms with Gasteiger partial charge in [-0.05, 0) is 6.42 Å². The normalized spacial score (nSPS) is 13.4. The number of hydrogen-bond acceptors (Lipinski definition) is 2. The van der Waals surface area contributed by atoms with E-state index in [1.807, 2.05) is 20.8 Å². The van der Waals surface area contributed by atoms with E-state index < -0.39 is 15.7 Å². The fourth-order valence-electron chi connectivity index (χ4n) is 1.25. The van der Waals surface area contributed by atoms with Crippen molar-refractivity contribution in [2.75, 3.05) is 23.7 Å². The Morgan fingerprint density at radius 2 is 1.56 bits per heavy atom. The molecule has 4 nitrogen and oxygen atoms in total. The molecule has 0 aromatic heterocycles. The number of alkyl halides is 2. The van der Waals surface area contributed by atoms with Gasteiger partial charge in [0.25, 0.3) is 10.2 Å². The van der Waals surface area contributed by atoms with Gasteiger partial charge in [-0.3, -0.25) is 0 Å². The van der Waals surface area contributed by atoms with Crippen LogP contribution in [0.3, 0.4) is 0 Å². The molecule has 0 aromatic carbocycles. The first kappa shape index (κ1) is 16.8. The van der Waals surface area contributed by atoms with Crippen LogP contribution in [0.5, 0.6) is 0 Å². The number of halogens is 2. The molecule has 0 amide bonds. The predicted octanol–water partition coefficient (Wildman–Crippen LogP) is 2.10. The van der Waals surface area contributed by atoms with Crippen molar-refractivity contribution in [2.24, 2.45) is 0 Å². The first-order valence-corrected chi connectivity index (χ1v) is 9.00. The van der Waals surface area contributed by atoms with Crippen molar-refractivity contribution in [1.29, 1.82) is 0 Å². The summed E-state index contributed by atoms with van der Waals surface area (Å²) in [6, 6.07) is 0. The van der Waals surface area contributed by atoms with Crippen LogP contribution in [0.2, 0.25) is 0 Å². The van der Waals surface area contributed by atoms with Crippen LogP contribution in [0, 0.1) is 0 Å². The molecule has 0 radical (unpaired) electrons. The molecule has 0 aliphatic rings. The van der Waals surface area contributed by atoms with Gasteiger partial charge in [0.15, 0.2) is 0 Å². The van der Waals surface area contributed by atoms with Gasteiger partial charge in [0, 0.05) is 23.7 Å². The molecule has 0 saturated heterocycles. The molecule has 0 heterocycles. The van der Waals surface area contributed by atoms with Crippen molar-refractivity contribution in [3.05, 3.63) is 0 Å². The summed E-state index contributed by atoms with van der Waals surface area (Å²) in [6.45, 7) is 6.59. The van der Waals surface area contributed by atoms with Crippen LogP contribution in [0.1, 0.15) is 27.2 Å². The van der Waals surface area contributed by atoms with Crippen molar-refractivity contribution < 1.29 is 8.42 Å². The van der Waals surface area contributed by atoms with Gasteiger partial charge in [-0.15, -0.1) is 0 Å². The summed E-state index contributed by atoms with van der Waals surface area (Å²) in [5, 5.41) is 1.17. The van der Waals surface area contributed by atoms with Crippen molar-refractivity contribution >= 4 is 42.1 Å². The van der Waals surface area contributed by atoms with Crippen molar-refractivity contribution in [3.63, 3.8) is 0 Å². The highest BCUT2D eigenvalue weighted by Gasteiger charge is 2.33. The zero-order valence-electron chi connectivity index (χ0n) is 9.96. The number of nitrogens with one attached hydrogen (secondary N) is 1. The van der Waals surface area contributed by atoms with Crippen LogP contribution in [-0.2, 0) is 10.2 Å². The second kappa shape index (κ2) is 7.31. The third kappa shape index (κ3) is 4.25. The summed E-state index contributed by atoms with van der Waals surface area (Å²) >= 11 is 6.73. The average molecular weight is 380 g/mol. The first-order chi connectivity index (χ1) is 7.41. The molecule has 0 aliphatic heterocycles. The SMILES string of the molecule is CCN(CC)S(=O)(=O)NC(CC)(CBr)CBr. The van der Waals surface area contributed by atoms with Gasteiger partial charge in [-0.1, -0.05) is 52.6 Å². The number of hydrogen-bond donors (Lipinski definition) is 1. The maximum atomic E-state index is 12.1. The fourth-order valence-corrected chi connectivity index (χ4v) is 5.27. The molecule has 0 unspecified atom stereocenters. The lowest BCUT2D eigenvalue weighted by Gasteiger charge is -2.32. The molecule has 0 aromatic rings. The highest BCUT2D eigenvalue weighted by molar-refractivity contribution is 9.09. The Hall–Kier alpha value is 0.830. The van der Waals surface area contributed by atoms with Crippen molar-refractivity contribution in [2.45, 2.75) is 32.7 Å². The maximum absolute atomic E-state index is 12.1. The summed E-state index contributed by atoms with van der Waals surface area (Å²) in [4.78, 5) is 0. The van der Waals surface area contributed by atoms with Gasteiger partial charge < -0.3 is 0 Å². The molecular weight excluding hydrogens is 360 g/mol. The third-order valence-corrected chi connectivity index (χ3v) is 6.61. The first-order valence-electron chi connectivity index (χ1n) is 5.32. The Morgan fingerprint density at radius 1 is 1.12 bits per heavy atom. The molecule has 0 spiro atoms. The molecule has 16 heavy (non-hydrogen) atoms. The Morgan fingerprint density at radius 3 is 1.81 bits per heavy atom. The molecular formula is C9H20Br2N2O2S.